The van der Waals surface area contributed by atoms with Crippen LogP contribution in [0.2, 0.25) is 0 Å². The van der Waals surface area contributed by atoms with Crippen LogP contribution in [-0.4, -0.2) is 31.1 Å². The van der Waals surface area contributed by atoms with Gasteiger partial charge in [-0.15, -0.1) is 0 Å². The van der Waals surface area contributed by atoms with Gasteiger partial charge >= 0.3 is 5.97 Å². The van der Waals surface area contributed by atoms with E-state index < -0.39 is 11.9 Å². The number of carbonyl (C=O) groups excluding carboxylic acids is 2. The molecule has 2 atom stereocenters. The van der Waals surface area contributed by atoms with Crippen molar-refractivity contribution in [2.24, 2.45) is 0 Å². The Morgan fingerprint density at radius 3 is 2.84 bits per heavy atom. The normalized spacial score (nSPS) is 23.3. The number of benzene rings is 1. The number of dihydropyridines is 1. The van der Waals surface area contributed by atoms with Crippen molar-refractivity contribution in [1.82, 2.24) is 5.32 Å². The zero-order valence-corrected chi connectivity index (χ0v) is 17.9. The Bertz CT molecular complexity index is 1210. The lowest BCUT2D eigenvalue weighted by Gasteiger charge is -2.33. The van der Waals surface area contributed by atoms with E-state index in [2.05, 4.69) is 5.32 Å². The van der Waals surface area contributed by atoms with E-state index in [9.17, 15) is 14.4 Å². The second-order valence-electron chi connectivity index (χ2n) is 8.52. The van der Waals surface area contributed by atoms with Gasteiger partial charge in [0, 0.05) is 35.6 Å². The fourth-order valence-corrected chi connectivity index (χ4v) is 4.88. The van der Waals surface area contributed by atoms with Gasteiger partial charge in [-0.05, 0) is 44.7 Å². The molecule has 166 valence electrons. The minimum atomic E-state index is -0.822. The molecule has 7 heteroatoms. The summed E-state index contributed by atoms with van der Waals surface area (Å²) in [5.74, 6) is -1.43. The van der Waals surface area contributed by atoms with Crippen LogP contribution in [0.25, 0.3) is 11.0 Å². The summed E-state index contributed by atoms with van der Waals surface area (Å²) in [5, 5.41) is 3.65. The Labute approximate surface area is 185 Å². The van der Waals surface area contributed by atoms with Gasteiger partial charge in [0.25, 0.3) is 0 Å². The highest BCUT2D eigenvalue weighted by Crippen LogP contribution is 2.42. The van der Waals surface area contributed by atoms with Crippen LogP contribution >= 0.6 is 0 Å². The fraction of sp³-hybridized carbons (Fsp3) is 0.400. The van der Waals surface area contributed by atoms with Crippen molar-refractivity contribution >= 4 is 22.7 Å². The summed E-state index contributed by atoms with van der Waals surface area (Å²) in [7, 11) is 0. The third-order valence-corrected chi connectivity index (χ3v) is 6.44. The van der Waals surface area contributed by atoms with Crippen LogP contribution < -0.4 is 10.7 Å². The summed E-state index contributed by atoms with van der Waals surface area (Å²) in [6, 6.07) is 6.96. The minimum absolute atomic E-state index is 0.0618. The van der Waals surface area contributed by atoms with E-state index in [0.29, 0.717) is 41.7 Å². The lowest BCUT2D eigenvalue weighted by Crippen LogP contribution is -2.36. The quantitative estimate of drug-likeness (QED) is 0.735. The van der Waals surface area contributed by atoms with Gasteiger partial charge in [-0.25, -0.2) is 4.79 Å². The highest BCUT2D eigenvalue weighted by atomic mass is 16.6. The second-order valence-corrected chi connectivity index (χ2v) is 8.52. The molecule has 1 aliphatic carbocycles. The first-order valence-electron chi connectivity index (χ1n) is 11.1. The first-order chi connectivity index (χ1) is 15.5. The number of ketones is 1. The number of hydrogen-bond donors (Lipinski definition) is 1. The van der Waals surface area contributed by atoms with Crippen LogP contribution in [0.15, 0.2) is 62.3 Å². The van der Waals surface area contributed by atoms with E-state index in [1.807, 2.05) is 0 Å². The van der Waals surface area contributed by atoms with Gasteiger partial charge in [-0.3, -0.25) is 9.59 Å². The average Bonchev–Trinajstić information content (AvgIpc) is 3.31. The van der Waals surface area contributed by atoms with Gasteiger partial charge < -0.3 is 19.2 Å². The Morgan fingerprint density at radius 1 is 1.19 bits per heavy atom. The van der Waals surface area contributed by atoms with E-state index in [-0.39, 0.29) is 35.1 Å². The van der Waals surface area contributed by atoms with E-state index in [0.717, 1.165) is 25.0 Å². The molecule has 1 fully saturated rings. The van der Waals surface area contributed by atoms with Gasteiger partial charge in [0.1, 0.15) is 12.2 Å². The van der Waals surface area contributed by atoms with Gasteiger partial charge in [0.15, 0.2) is 11.2 Å². The molecule has 5 rings (SSSR count). The molecule has 0 unspecified atom stereocenters. The molecule has 2 aliphatic heterocycles. The number of ether oxygens (including phenoxy) is 2. The maximum atomic E-state index is 13.4. The summed E-state index contributed by atoms with van der Waals surface area (Å²) < 4.78 is 16.9. The molecule has 0 spiro atoms. The largest absolute Gasteiger partial charge is 0.464 e. The maximum absolute atomic E-state index is 13.4. The van der Waals surface area contributed by atoms with Crippen molar-refractivity contribution in [1.29, 1.82) is 0 Å². The first-order valence-corrected chi connectivity index (χ1v) is 11.1. The molecule has 7 nitrogen and oxygen atoms in total. The second kappa shape index (κ2) is 8.39. The van der Waals surface area contributed by atoms with E-state index in [1.54, 1.807) is 31.2 Å². The number of nitrogens with one attached hydrogen (secondary N) is 1. The molecule has 1 N–H and O–H groups in total. The molecule has 2 aromatic rings. The van der Waals surface area contributed by atoms with Crippen molar-refractivity contribution in [3.8, 4) is 0 Å². The monoisotopic (exact) mass is 435 g/mol. The Balaban J connectivity index is 1.60. The number of esters is 1. The smallest absolute Gasteiger partial charge is 0.336 e. The molecule has 0 bridgehead atoms. The number of para-hydroxylation sites is 1. The van der Waals surface area contributed by atoms with E-state index in [1.165, 1.54) is 6.26 Å². The molecule has 0 amide bonds. The number of carbonyl (C=O) groups is 2. The molecule has 1 aromatic carbocycles. The van der Waals surface area contributed by atoms with Crippen LogP contribution in [0.3, 0.4) is 0 Å². The first kappa shape index (κ1) is 20.7. The number of fused-ring (bicyclic) bond motifs is 1. The summed E-state index contributed by atoms with van der Waals surface area (Å²) >= 11 is 0. The standard InChI is InChI=1S/C25H25NO6/c1-14-21(25(29)32-12-15-6-5-11-30-15)22(23-18(26-14)8-4-9-19(23)27)17-13-31-20-10-3-2-7-16(20)24(17)28/h2-3,7,10,13,15,22,26H,4-6,8-9,11-12H2,1H3/t15-,22-/m0/s1. The van der Waals surface area contributed by atoms with Gasteiger partial charge in [0.05, 0.1) is 29.2 Å². The van der Waals surface area contributed by atoms with Crippen LogP contribution in [0.1, 0.15) is 50.5 Å². The highest BCUT2D eigenvalue weighted by molar-refractivity contribution is 6.04. The predicted octanol–water partition coefficient (Wildman–Crippen LogP) is 3.48. The zero-order chi connectivity index (χ0) is 22.2. The number of allylic oxidation sites excluding steroid dienone is 3. The van der Waals surface area contributed by atoms with Crippen molar-refractivity contribution < 1.29 is 23.5 Å². The highest BCUT2D eigenvalue weighted by Gasteiger charge is 2.41. The SMILES string of the molecule is CC1=C(C(=O)OC[C@@H]2CCCO2)[C@H](c2coc3ccccc3c2=O)C2=C(CCCC2=O)N1. The molecule has 32 heavy (non-hydrogen) atoms. The molecular weight excluding hydrogens is 410 g/mol. The number of Topliss-reactive ketones (excluding diaryl/α,β-unsaturated/α-hetero) is 1. The lowest BCUT2D eigenvalue weighted by molar-refractivity contribution is -0.142. The third kappa shape index (κ3) is 3.56. The summed E-state index contributed by atoms with van der Waals surface area (Å²) in [5.41, 5.74) is 2.59. The fourth-order valence-electron chi connectivity index (χ4n) is 4.88. The van der Waals surface area contributed by atoms with E-state index >= 15 is 0 Å². The topological polar surface area (TPSA) is 94.8 Å². The molecular formula is C25H25NO6. The molecule has 0 saturated carbocycles. The summed E-state index contributed by atoms with van der Waals surface area (Å²) in [4.78, 5) is 39.7. The van der Waals surface area contributed by atoms with Gasteiger partial charge in [-0.1, -0.05) is 12.1 Å². The Kier molecular flexibility index (Phi) is 5.43. The molecule has 0 radical (unpaired) electrons. The lowest BCUT2D eigenvalue weighted by atomic mass is 9.75. The van der Waals surface area contributed by atoms with Crippen LogP contribution in [0.4, 0.5) is 0 Å². The molecule has 3 aliphatic rings. The number of rotatable bonds is 4. The van der Waals surface area contributed by atoms with Gasteiger partial charge in [-0.2, -0.15) is 0 Å². The van der Waals surface area contributed by atoms with E-state index in [4.69, 9.17) is 13.9 Å². The molecule has 3 heterocycles. The summed E-state index contributed by atoms with van der Waals surface area (Å²) in [6.07, 6.45) is 4.85. The van der Waals surface area contributed by atoms with Gasteiger partial charge in [0.2, 0.25) is 0 Å². The van der Waals surface area contributed by atoms with Crippen molar-refractivity contribution in [3.63, 3.8) is 0 Å². The Hall–Kier alpha value is -3.19. The summed E-state index contributed by atoms with van der Waals surface area (Å²) in [6.45, 7) is 2.59. The minimum Gasteiger partial charge on any atom is -0.464 e. The van der Waals surface area contributed by atoms with Crippen LogP contribution in [0.5, 0.6) is 0 Å². The zero-order valence-electron chi connectivity index (χ0n) is 17.9. The van der Waals surface area contributed by atoms with Crippen molar-refractivity contribution in [2.75, 3.05) is 13.2 Å². The van der Waals surface area contributed by atoms with Crippen molar-refractivity contribution in [3.05, 3.63) is 68.9 Å². The average molecular weight is 435 g/mol. The Morgan fingerprint density at radius 2 is 2.03 bits per heavy atom. The van der Waals surface area contributed by atoms with Crippen LogP contribution in [-0.2, 0) is 19.1 Å². The van der Waals surface area contributed by atoms with Crippen LogP contribution in [0, 0.1) is 0 Å². The maximum Gasteiger partial charge on any atom is 0.336 e. The predicted molar refractivity (Wildman–Crippen MR) is 117 cm³/mol. The molecule has 1 aromatic heterocycles. The number of hydrogen-bond acceptors (Lipinski definition) is 7. The third-order valence-electron chi connectivity index (χ3n) is 6.44. The molecule has 1 saturated heterocycles. The van der Waals surface area contributed by atoms with Crippen molar-refractivity contribution in [2.45, 2.75) is 51.0 Å².